The Labute approximate surface area is 329 Å². The third-order valence-corrected chi connectivity index (χ3v) is 12.5. The van der Waals surface area contributed by atoms with Crippen LogP contribution in [-0.2, 0) is 0 Å². The Balaban J connectivity index is 0.948. The molecule has 6 heteroatoms. The summed E-state index contributed by atoms with van der Waals surface area (Å²) in [6.07, 6.45) is 18.5. The van der Waals surface area contributed by atoms with Gasteiger partial charge in [-0.2, -0.15) is 0 Å². The summed E-state index contributed by atoms with van der Waals surface area (Å²) in [6.45, 7) is 0. The van der Waals surface area contributed by atoms with Gasteiger partial charge in [-0.25, -0.2) is 4.99 Å². The standard InChI is InChI=1S/C51H40N4O2/c1-3-13-31(14-4-1)49-52-50(32-15-5-2-6-16-32)54-51(53-49)33-25-27-40-46(29-33)56-45-24-12-19-37(47(40)45)38-20-11-21-39-41-30-34(26-28-44(41)57-48(38)39)55-42-22-9-7-17-35(42)36-18-8-10-23-43(36)55/h1-10,12-19,21-24,26-30,33,35,42,49-50,52H,11,20,25H2,(H,53,54). The second kappa shape index (κ2) is 13.0. The Kier molecular flexibility index (Phi) is 7.42. The van der Waals surface area contributed by atoms with E-state index in [1.54, 1.807) is 0 Å². The molecule has 12 rings (SSSR count). The summed E-state index contributed by atoms with van der Waals surface area (Å²) >= 11 is 0. The molecule has 0 spiro atoms. The van der Waals surface area contributed by atoms with E-state index in [4.69, 9.17) is 13.8 Å². The maximum Gasteiger partial charge on any atom is 0.138 e. The van der Waals surface area contributed by atoms with E-state index in [1.165, 1.54) is 38.9 Å². The molecule has 0 amide bonds. The van der Waals surface area contributed by atoms with E-state index in [2.05, 4.69) is 179 Å². The lowest BCUT2D eigenvalue weighted by Crippen LogP contribution is -2.47. The smallest absolute Gasteiger partial charge is 0.138 e. The first-order valence-electron chi connectivity index (χ1n) is 20.2. The highest BCUT2D eigenvalue weighted by Crippen LogP contribution is 2.47. The minimum atomic E-state index is -0.164. The molecule has 5 unspecified atom stereocenters. The molecule has 0 saturated carbocycles. The summed E-state index contributed by atoms with van der Waals surface area (Å²) in [5, 5.41) is 12.1. The van der Waals surface area contributed by atoms with E-state index < -0.39 is 0 Å². The van der Waals surface area contributed by atoms with Crippen molar-refractivity contribution in [2.75, 3.05) is 4.90 Å². The molecule has 57 heavy (non-hydrogen) atoms. The molecule has 6 nitrogen and oxygen atoms in total. The molecule has 4 heterocycles. The van der Waals surface area contributed by atoms with Gasteiger partial charge >= 0.3 is 0 Å². The maximum atomic E-state index is 6.82. The van der Waals surface area contributed by atoms with E-state index in [-0.39, 0.29) is 24.3 Å². The van der Waals surface area contributed by atoms with Gasteiger partial charge in [0.05, 0.1) is 6.04 Å². The number of rotatable bonds is 5. The zero-order chi connectivity index (χ0) is 37.5. The van der Waals surface area contributed by atoms with Crippen LogP contribution in [0.3, 0.4) is 0 Å². The molecule has 5 aromatic carbocycles. The number of benzene rings is 5. The van der Waals surface area contributed by atoms with Crippen molar-refractivity contribution in [3.05, 3.63) is 189 Å². The maximum absolute atomic E-state index is 6.82. The van der Waals surface area contributed by atoms with Crippen LogP contribution in [0.5, 0.6) is 0 Å². The lowest BCUT2D eigenvalue weighted by Gasteiger charge is -2.34. The van der Waals surface area contributed by atoms with Crippen molar-refractivity contribution >= 4 is 63.0 Å². The average molecular weight is 741 g/mol. The highest BCUT2D eigenvalue weighted by molar-refractivity contribution is 5.96. The van der Waals surface area contributed by atoms with Gasteiger partial charge in [-0.15, -0.1) is 0 Å². The number of allylic oxidation sites excluding steroid dienone is 2. The normalized spacial score (nSPS) is 23.1. The van der Waals surface area contributed by atoms with Gasteiger partial charge in [0.25, 0.3) is 0 Å². The van der Waals surface area contributed by atoms with Crippen LogP contribution in [0.25, 0.3) is 45.7 Å². The molecule has 0 radical (unpaired) electrons. The molecule has 2 aromatic heterocycles. The molecular weight excluding hydrogens is 701 g/mol. The summed E-state index contributed by atoms with van der Waals surface area (Å²) in [7, 11) is 0. The molecule has 0 saturated heterocycles. The molecule has 0 fully saturated rings. The Morgan fingerprint density at radius 1 is 0.719 bits per heavy atom. The molecule has 3 aliphatic carbocycles. The summed E-state index contributed by atoms with van der Waals surface area (Å²) in [5.74, 6) is 1.36. The van der Waals surface area contributed by atoms with Crippen LogP contribution in [0.15, 0.2) is 159 Å². The van der Waals surface area contributed by atoms with Crippen molar-refractivity contribution < 1.29 is 8.83 Å². The summed E-state index contributed by atoms with van der Waals surface area (Å²) < 4.78 is 13.5. The molecule has 2 aliphatic heterocycles. The number of aliphatic imine (C=N–C) groups is 1. The fraction of sp³-hybridized carbons (Fsp3) is 0.157. The highest BCUT2D eigenvalue weighted by Gasteiger charge is 2.37. The largest absolute Gasteiger partial charge is 0.456 e. The molecule has 2 N–H and O–H groups in total. The van der Waals surface area contributed by atoms with Crippen LogP contribution in [0.1, 0.15) is 59.8 Å². The summed E-state index contributed by atoms with van der Waals surface area (Å²) in [6, 6.07) is 43.3. The summed E-state index contributed by atoms with van der Waals surface area (Å²) in [5.41, 5.74) is 12.3. The molecule has 0 bridgehead atoms. The Morgan fingerprint density at radius 2 is 1.54 bits per heavy atom. The second-order valence-corrected chi connectivity index (χ2v) is 15.7. The number of para-hydroxylation sites is 1. The zero-order valence-corrected chi connectivity index (χ0v) is 31.3. The monoisotopic (exact) mass is 740 g/mol. The van der Waals surface area contributed by atoms with Gasteiger partial charge in [0.1, 0.15) is 40.2 Å². The van der Waals surface area contributed by atoms with Crippen molar-refractivity contribution in [3.63, 3.8) is 0 Å². The van der Waals surface area contributed by atoms with Crippen molar-refractivity contribution in [3.8, 4) is 0 Å². The third-order valence-electron chi connectivity index (χ3n) is 12.5. The lowest BCUT2D eigenvalue weighted by atomic mass is 9.91. The van der Waals surface area contributed by atoms with Gasteiger partial charge in [-0.1, -0.05) is 127 Å². The molecular formula is C51H40N4O2. The van der Waals surface area contributed by atoms with E-state index in [0.717, 1.165) is 68.6 Å². The third kappa shape index (κ3) is 5.24. The number of hydrogen-bond acceptors (Lipinski definition) is 6. The van der Waals surface area contributed by atoms with Gasteiger partial charge < -0.3 is 19.1 Å². The first kappa shape index (κ1) is 32.6. The number of fused-ring (bicyclic) bond motifs is 9. The fourth-order valence-electron chi connectivity index (χ4n) is 9.85. The van der Waals surface area contributed by atoms with Crippen LogP contribution in [-0.4, -0.2) is 11.9 Å². The van der Waals surface area contributed by atoms with Crippen LogP contribution in [0, 0.1) is 5.92 Å². The minimum Gasteiger partial charge on any atom is -0.456 e. The molecule has 5 aliphatic rings. The number of amidine groups is 1. The number of nitrogens with one attached hydrogen (secondary N) is 2. The Morgan fingerprint density at radius 3 is 2.44 bits per heavy atom. The lowest BCUT2D eigenvalue weighted by molar-refractivity contribution is 0.400. The highest BCUT2D eigenvalue weighted by atomic mass is 16.3. The summed E-state index contributed by atoms with van der Waals surface area (Å²) in [4.78, 5) is 7.75. The average Bonchev–Trinajstić information content (AvgIpc) is 3.96. The van der Waals surface area contributed by atoms with Gasteiger partial charge in [0.15, 0.2) is 0 Å². The quantitative estimate of drug-likeness (QED) is 0.186. The number of anilines is 2. The predicted octanol–water partition coefficient (Wildman–Crippen LogP) is 8.25. The van der Waals surface area contributed by atoms with Crippen molar-refractivity contribution in [2.45, 2.75) is 43.6 Å². The van der Waals surface area contributed by atoms with Crippen LogP contribution < -0.4 is 36.8 Å². The molecule has 7 aromatic rings. The topological polar surface area (TPSA) is 65.9 Å². The zero-order valence-electron chi connectivity index (χ0n) is 31.3. The van der Waals surface area contributed by atoms with E-state index >= 15 is 0 Å². The van der Waals surface area contributed by atoms with E-state index in [0.29, 0.717) is 5.92 Å². The number of furan rings is 2. The minimum absolute atomic E-state index is 0.0483. The predicted molar refractivity (Wildman–Crippen MR) is 230 cm³/mol. The molecule has 276 valence electrons. The molecule has 5 atom stereocenters. The first-order valence-corrected chi connectivity index (χ1v) is 20.2. The van der Waals surface area contributed by atoms with Gasteiger partial charge in [-0.05, 0) is 77.9 Å². The van der Waals surface area contributed by atoms with E-state index in [9.17, 15) is 0 Å². The number of nitrogens with zero attached hydrogens (tertiary/aromatic N) is 2. The van der Waals surface area contributed by atoms with E-state index in [1.807, 2.05) is 0 Å². The van der Waals surface area contributed by atoms with Gasteiger partial charge in [-0.3, -0.25) is 5.32 Å². The van der Waals surface area contributed by atoms with Crippen LogP contribution >= 0.6 is 0 Å². The second-order valence-electron chi connectivity index (χ2n) is 15.7. The van der Waals surface area contributed by atoms with Gasteiger partial charge in [0, 0.05) is 50.0 Å². The number of hydrogen-bond donors (Lipinski definition) is 2. The van der Waals surface area contributed by atoms with Crippen molar-refractivity contribution in [1.29, 1.82) is 0 Å². The van der Waals surface area contributed by atoms with Crippen LogP contribution in [0.2, 0.25) is 0 Å². The van der Waals surface area contributed by atoms with Crippen molar-refractivity contribution in [1.82, 2.24) is 10.6 Å². The Bertz CT molecular complexity index is 3100. The fourth-order valence-corrected chi connectivity index (χ4v) is 9.85. The van der Waals surface area contributed by atoms with Crippen LogP contribution in [0.4, 0.5) is 11.4 Å². The SMILES string of the molecule is C1=CC2c3ccccc3N(c3ccc4oc5c(c4c3)=CCCC=5c3cccc4oc5c(c34)=CCC(C3=NC(c4ccccc4)NC(c4ccccc4)N3)C=5)C2C=C1. The van der Waals surface area contributed by atoms with Gasteiger partial charge in [0.2, 0.25) is 0 Å². The Hall–Kier alpha value is -6.63. The first-order chi connectivity index (χ1) is 28.2. The van der Waals surface area contributed by atoms with Crippen molar-refractivity contribution in [2.24, 2.45) is 10.9 Å².